The number of carboxylic acid groups (broad SMARTS) is 2. The molecule has 126 valence electrons. The molecular weight excluding hydrogens is 288 g/mol. The molecule has 0 aliphatic rings. The summed E-state index contributed by atoms with van der Waals surface area (Å²) in [6, 6.07) is 0. The highest BCUT2D eigenvalue weighted by atomic mass is 16.4. The fourth-order valence-corrected chi connectivity index (χ4v) is 2.03. The molecule has 0 radical (unpaired) electrons. The number of unbranched alkanes of at least 4 members (excludes halogenated alkanes) is 5. The minimum atomic E-state index is -0.982. The molecule has 22 heavy (non-hydrogen) atoms. The number of aliphatic carboxylic acids is 2. The molecule has 4 N–H and O–H groups in total. The van der Waals surface area contributed by atoms with Crippen molar-refractivity contribution in [3.05, 3.63) is 23.3 Å². The number of aliphatic hydroxyl groups is 2. The van der Waals surface area contributed by atoms with Gasteiger partial charge >= 0.3 is 11.9 Å². The highest BCUT2D eigenvalue weighted by Crippen LogP contribution is 2.11. The van der Waals surface area contributed by atoms with Gasteiger partial charge in [0.05, 0.1) is 0 Å². The van der Waals surface area contributed by atoms with Crippen LogP contribution in [0.3, 0.4) is 0 Å². The molecule has 0 aromatic rings. The monoisotopic (exact) mass is 314 g/mol. The summed E-state index contributed by atoms with van der Waals surface area (Å²) in [5.74, 6) is -1.96. The van der Waals surface area contributed by atoms with Crippen LogP contribution in [-0.2, 0) is 9.59 Å². The van der Waals surface area contributed by atoms with E-state index in [1.54, 1.807) is 12.2 Å². The maximum Gasteiger partial charge on any atom is 0.331 e. The number of carbonyl (C=O) groups is 2. The lowest BCUT2D eigenvalue weighted by atomic mass is 10.1. The Morgan fingerprint density at radius 2 is 1.05 bits per heavy atom. The summed E-state index contributed by atoms with van der Waals surface area (Å²) in [4.78, 5) is 21.6. The zero-order valence-corrected chi connectivity index (χ0v) is 12.8. The van der Waals surface area contributed by atoms with E-state index in [0.717, 1.165) is 25.7 Å². The molecule has 6 nitrogen and oxygen atoms in total. The van der Waals surface area contributed by atoms with E-state index in [0.29, 0.717) is 12.8 Å². The van der Waals surface area contributed by atoms with E-state index >= 15 is 0 Å². The second-order valence-electron chi connectivity index (χ2n) is 5.01. The fraction of sp³-hybridized carbons (Fsp3) is 0.625. The first-order valence-corrected chi connectivity index (χ1v) is 7.59. The molecule has 0 bridgehead atoms. The van der Waals surface area contributed by atoms with E-state index in [-0.39, 0.29) is 37.2 Å². The predicted molar refractivity (Wildman–Crippen MR) is 82.5 cm³/mol. The van der Waals surface area contributed by atoms with E-state index in [1.165, 1.54) is 0 Å². The van der Waals surface area contributed by atoms with Crippen molar-refractivity contribution >= 4 is 11.9 Å². The summed E-state index contributed by atoms with van der Waals surface area (Å²) in [6.07, 6.45) is 8.61. The summed E-state index contributed by atoms with van der Waals surface area (Å²) in [6.45, 7) is -0.325. The first-order chi connectivity index (χ1) is 10.5. The molecule has 0 aliphatic heterocycles. The summed E-state index contributed by atoms with van der Waals surface area (Å²) in [7, 11) is 0. The summed E-state index contributed by atoms with van der Waals surface area (Å²) >= 11 is 0. The molecule has 0 amide bonds. The van der Waals surface area contributed by atoms with Crippen LogP contribution in [-0.4, -0.2) is 45.6 Å². The van der Waals surface area contributed by atoms with Gasteiger partial charge in [0, 0.05) is 37.2 Å². The van der Waals surface area contributed by atoms with Crippen LogP contribution in [0, 0.1) is 0 Å². The molecule has 0 spiro atoms. The maximum absolute atomic E-state index is 10.8. The van der Waals surface area contributed by atoms with Gasteiger partial charge in [-0.25, -0.2) is 9.59 Å². The number of allylic oxidation sites excluding steroid dienone is 2. The normalized spacial score (nSPS) is 12.5. The van der Waals surface area contributed by atoms with Gasteiger partial charge in [-0.15, -0.1) is 0 Å². The second kappa shape index (κ2) is 13.0. The first-order valence-electron chi connectivity index (χ1n) is 7.59. The zero-order chi connectivity index (χ0) is 16.8. The summed E-state index contributed by atoms with van der Waals surface area (Å²) < 4.78 is 0. The van der Waals surface area contributed by atoms with Crippen molar-refractivity contribution in [1.82, 2.24) is 0 Å². The van der Waals surface area contributed by atoms with Crippen LogP contribution in [0.2, 0.25) is 0 Å². The summed E-state index contributed by atoms with van der Waals surface area (Å²) in [5.41, 5.74) is 0.501. The number of carboxylic acids is 2. The van der Waals surface area contributed by atoms with Crippen LogP contribution in [0.5, 0.6) is 0 Å². The van der Waals surface area contributed by atoms with Crippen molar-refractivity contribution < 1.29 is 30.0 Å². The Labute approximate surface area is 130 Å². The van der Waals surface area contributed by atoms with Crippen molar-refractivity contribution in [2.45, 2.75) is 51.4 Å². The maximum atomic E-state index is 10.8. The van der Waals surface area contributed by atoms with Gasteiger partial charge in [0.2, 0.25) is 0 Å². The topological polar surface area (TPSA) is 115 Å². The Balaban J connectivity index is 3.85. The van der Waals surface area contributed by atoms with Crippen LogP contribution < -0.4 is 0 Å². The predicted octanol–water partition coefficient (Wildman–Crippen LogP) is 2.11. The molecule has 0 heterocycles. The van der Waals surface area contributed by atoms with E-state index < -0.39 is 11.9 Å². The van der Waals surface area contributed by atoms with Crippen molar-refractivity contribution in [3.63, 3.8) is 0 Å². The Bertz CT molecular complexity index is 359. The average molecular weight is 314 g/mol. The summed E-state index contributed by atoms with van der Waals surface area (Å²) in [5, 5.41) is 35.2. The zero-order valence-electron chi connectivity index (χ0n) is 12.8. The fourth-order valence-electron chi connectivity index (χ4n) is 2.03. The Morgan fingerprint density at radius 1 is 0.682 bits per heavy atom. The van der Waals surface area contributed by atoms with Crippen molar-refractivity contribution in [2.75, 3.05) is 13.2 Å². The van der Waals surface area contributed by atoms with Gasteiger partial charge in [0.25, 0.3) is 0 Å². The minimum absolute atomic E-state index is 0.162. The van der Waals surface area contributed by atoms with Gasteiger partial charge in [-0.3, -0.25) is 0 Å². The van der Waals surface area contributed by atoms with Crippen LogP contribution in [0.4, 0.5) is 0 Å². The van der Waals surface area contributed by atoms with Crippen molar-refractivity contribution in [1.29, 1.82) is 0 Å². The van der Waals surface area contributed by atoms with Crippen LogP contribution >= 0.6 is 0 Å². The van der Waals surface area contributed by atoms with Gasteiger partial charge in [0.15, 0.2) is 0 Å². The molecule has 0 aromatic carbocycles. The lowest BCUT2D eigenvalue weighted by Gasteiger charge is -2.02. The highest BCUT2D eigenvalue weighted by Gasteiger charge is 2.06. The quantitative estimate of drug-likeness (QED) is 0.306. The van der Waals surface area contributed by atoms with Gasteiger partial charge in [0.1, 0.15) is 0 Å². The Morgan fingerprint density at radius 3 is 1.32 bits per heavy atom. The van der Waals surface area contributed by atoms with Crippen LogP contribution in [0.15, 0.2) is 23.3 Å². The average Bonchev–Trinajstić information content (AvgIpc) is 2.47. The molecule has 0 aromatic heterocycles. The molecule has 0 rings (SSSR count). The molecule has 0 fully saturated rings. The van der Waals surface area contributed by atoms with Crippen molar-refractivity contribution in [2.24, 2.45) is 0 Å². The lowest BCUT2D eigenvalue weighted by Crippen LogP contribution is -2.02. The van der Waals surface area contributed by atoms with E-state index in [1.807, 2.05) is 0 Å². The highest BCUT2D eigenvalue weighted by molar-refractivity contribution is 5.86. The number of aliphatic hydroxyl groups excluding tert-OH is 2. The lowest BCUT2D eigenvalue weighted by molar-refractivity contribution is -0.133. The van der Waals surface area contributed by atoms with E-state index in [9.17, 15) is 9.59 Å². The van der Waals surface area contributed by atoms with Crippen LogP contribution in [0.25, 0.3) is 0 Å². The first kappa shape index (κ1) is 20.3. The molecule has 0 saturated heterocycles. The van der Waals surface area contributed by atoms with Gasteiger partial charge < -0.3 is 20.4 Å². The molecule has 0 saturated carbocycles. The smallest absolute Gasteiger partial charge is 0.331 e. The van der Waals surface area contributed by atoms with Crippen LogP contribution in [0.1, 0.15) is 51.4 Å². The molecule has 0 unspecified atom stereocenters. The third-order valence-electron chi connectivity index (χ3n) is 3.25. The third kappa shape index (κ3) is 10.1. The Hall–Kier alpha value is -1.66. The molecular formula is C16H26O6. The standard InChI is InChI=1S/C16H26O6/c17-11-9-13(15(19)20)7-5-3-1-2-4-6-8-14(10-12-18)16(21)22/h7-8,17-18H,1-6,9-12H2,(H,19,20)(H,21,22)/b13-7-,14-8+. The van der Waals surface area contributed by atoms with E-state index in [2.05, 4.69) is 0 Å². The number of hydrogen-bond acceptors (Lipinski definition) is 4. The van der Waals surface area contributed by atoms with E-state index in [4.69, 9.17) is 20.4 Å². The van der Waals surface area contributed by atoms with Crippen molar-refractivity contribution in [3.8, 4) is 0 Å². The number of hydrogen-bond donors (Lipinski definition) is 4. The Kier molecular flexibility index (Phi) is 12.1. The SMILES string of the molecule is O=C(O)/C(=C\CCCCCC/C=C(\CCO)C(=O)O)CCO. The number of rotatable bonds is 13. The molecule has 0 atom stereocenters. The van der Waals surface area contributed by atoms with Gasteiger partial charge in [-0.2, -0.15) is 0 Å². The van der Waals surface area contributed by atoms with Gasteiger partial charge in [-0.1, -0.05) is 25.0 Å². The third-order valence-corrected chi connectivity index (χ3v) is 3.25. The largest absolute Gasteiger partial charge is 0.478 e. The van der Waals surface area contributed by atoms with Gasteiger partial charge in [-0.05, 0) is 25.7 Å². The minimum Gasteiger partial charge on any atom is -0.478 e. The molecule has 6 heteroatoms. The molecule has 0 aliphatic carbocycles. The second-order valence-corrected chi connectivity index (χ2v) is 5.01.